The topological polar surface area (TPSA) is 43.1 Å². The molecular formula is C11H14FNO. The summed E-state index contributed by atoms with van der Waals surface area (Å²) in [6.45, 7) is 1.44. The molecule has 2 N–H and O–H groups in total. The number of nitrogens with two attached hydrogens (primary N) is 1. The Hall–Kier alpha value is -1.22. The lowest BCUT2D eigenvalue weighted by Crippen LogP contribution is -2.28. The maximum absolute atomic E-state index is 13.0. The van der Waals surface area contributed by atoms with Gasteiger partial charge in [0, 0.05) is 0 Å². The molecule has 14 heavy (non-hydrogen) atoms. The van der Waals surface area contributed by atoms with Crippen LogP contribution in [0.5, 0.6) is 0 Å². The first kappa shape index (κ1) is 10.9. The molecule has 0 amide bonds. The fourth-order valence-electron chi connectivity index (χ4n) is 1.20. The average molecular weight is 195 g/mol. The Morgan fingerprint density at radius 3 is 3.00 bits per heavy atom. The van der Waals surface area contributed by atoms with Gasteiger partial charge in [0.25, 0.3) is 0 Å². The summed E-state index contributed by atoms with van der Waals surface area (Å²) >= 11 is 0. The van der Waals surface area contributed by atoms with Crippen molar-refractivity contribution in [3.8, 4) is 0 Å². The summed E-state index contributed by atoms with van der Waals surface area (Å²) in [6, 6.07) is -0.531. The van der Waals surface area contributed by atoms with Crippen LogP contribution in [0.25, 0.3) is 0 Å². The first-order valence-corrected chi connectivity index (χ1v) is 4.55. The molecular weight excluding hydrogens is 181 g/mol. The summed E-state index contributed by atoms with van der Waals surface area (Å²) in [5.41, 5.74) is 6.35. The SMILES string of the molecule is CC(=O)[C@H](N)CC1=CC(F)C=CC=C1. The summed E-state index contributed by atoms with van der Waals surface area (Å²) < 4.78 is 13.0. The Balaban J connectivity index is 2.64. The maximum atomic E-state index is 13.0. The quantitative estimate of drug-likeness (QED) is 0.744. The third kappa shape index (κ3) is 3.26. The molecule has 0 spiro atoms. The molecule has 0 heterocycles. The van der Waals surface area contributed by atoms with Gasteiger partial charge in [-0.05, 0) is 31.1 Å². The summed E-state index contributed by atoms with van der Waals surface area (Å²) in [6.07, 6.45) is 7.41. The minimum absolute atomic E-state index is 0.0769. The third-order valence-electron chi connectivity index (χ3n) is 2.07. The van der Waals surface area contributed by atoms with Crippen molar-refractivity contribution in [1.29, 1.82) is 0 Å². The van der Waals surface area contributed by atoms with Crippen LogP contribution in [-0.4, -0.2) is 18.0 Å². The summed E-state index contributed by atoms with van der Waals surface area (Å²) in [5, 5.41) is 0. The fourth-order valence-corrected chi connectivity index (χ4v) is 1.20. The smallest absolute Gasteiger partial charge is 0.146 e. The van der Waals surface area contributed by atoms with Gasteiger partial charge in [0.1, 0.15) is 12.0 Å². The van der Waals surface area contributed by atoms with Gasteiger partial charge in [-0.15, -0.1) is 0 Å². The molecule has 0 aromatic carbocycles. The van der Waals surface area contributed by atoms with Crippen molar-refractivity contribution in [3.63, 3.8) is 0 Å². The minimum atomic E-state index is -1.08. The van der Waals surface area contributed by atoms with E-state index in [1.165, 1.54) is 19.1 Å². The number of allylic oxidation sites excluding steroid dienone is 5. The van der Waals surface area contributed by atoms with Crippen LogP contribution in [0.15, 0.2) is 36.0 Å². The number of ketones is 1. The molecule has 1 rings (SSSR count). The Kier molecular flexibility index (Phi) is 3.77. The molecule has 1 aliphatic rings. The largest absolute Gasteiger partial charge is 0.321 e. The van der Waals surface area contributed by atoms with Gasteiger partial charge in [-0.3, -0.25) is 4.79 Å². The van der Waals surface area contributed by atoms with Crippen LogP contribution in [-0.2, 0) is 4.79 Å². The van der Waals surface area contributed by atoms with Crippen molar-refractivity contribution in [2.24, 2.45) is 5.73 Å². The molecule has 2 atom stereocenters. The molecule has 3 heteroatoms. The number of Topliss-reactive ketones (excluding diaryl/α,β-unsaturated/α-hetero) is 1. The van der Waals surface area contributed by atoms with Crippen molar-refractivity contribution in [2.75, 3.05) is 0 Å². The Labute approximate surface area is 83.0 Å². The molecule has 1 aliphatic carbocycles. The Morgan fingerprint density at radius 1 is 1.64 bits per heavy atom. The van der Waals surface area contributed by atoms with Gasteiger partial charge in [-0.25, -0.2) is 4.39 Å². The van der Waals surface area contributed by atoms with E-state index in [1.54, 1.807) is 18.2 Å². The van der Waals surface area contributed by atoms with Crippen molar-refractivity contribution >= 4 is 5.78 Å². The molecule has 0 aromatic rings. The number of carbonyl (C=O) groups is 1. The van der Waals surface area contributed by atoms with Crippen LogP contribution in [0.3, 0.4) is 0 Å². The van der Waals surface area contributed by atoms with Crippen LogP contribution in [0, 0.1) is 0 Å². The highest BCUT2D eigenvalue weighted by Crippen LogP contribution is 2.13. The number of halogens is 1. The normalized spacial score (nSPS) is 22.8. The number of carbonyl (C=O) groups excluding carboxylic acids is 1. The number of alkyl halides is 1. The number of hydrogen-bond acceptors (Lipinski definition) is 2. The zero-order valence-electron chi connectivity index (χ0n) is 8.11. The van der Waals surface area contributed by atoms with E-state index < -0.39 is 12.2 Å². The van der Waals surface area contributed by atoms with E-state index >= 15 is 0 Å². The molecule has 0 saturated carbocycles. The first-order chi connectivity index (χ1) is 6.59. The summed E-state index contributed by atoms with van der Waals surface area (Å²) in [7, 11) is 0. The molecule has 0 bridgehead atoms. The Morgan fingerprint density at radius 2 is 2.36 bits per heavy atom. The average Bonchev–Trinajstić information content (AvgIpc) is 2.29. The van der Waals surface area contributed by atoms with E-state index in [-0.39, 0.29) is 5.78 Å². The molecule has 0 aliphatic heterocycles. The second kappa shape index (κ2) is 4.86. The zero-order chi connectivity index (χ0) is 10.6. The van der Waals surface area contributed by atoms with E-state index in [2.05, 4.69) is 0 Å². The number of rotatable bonds is 3. The molecule has 2 nitrogen and oxygen atoms in total. The van der Waals surface area contributed by atoms with Crippen LogP contribution >= 0.6 is 0 Å². The first-order valence-electron chi connectivity index (χ1n) is 4.55. The second-order valence-corrected chi connectivity index (χ2v) is 3.35. The van der Waals surface area contributed by atoms with Gasteiger partial charge >= 0.3 is 0 Å². The second-order valence-electron chi connectivity index (χ2n) is 3.35. The van der Waals surface area contributed by atoms with Gasteiger partial charge in [-0.1, -0.05) is 18.2 Å². The highest BCUT2D eigenvalue weighted by atomic mass is 19.1. The summed E-state index contributed by atoms with van der Waals surface area (Å²) in [5.74, 6) is -0.0769. The fraction of sp³-hybridized carbons (Fsp3) is 0.364. The van der Waals surface area contributed by atoms with E-state index in [0.717, 1.165) is 5.57 Å². The highest BCUT2D eigenvalue weighted by Gasteiger charge is 2.11. The zero-order valence-corrected chi connectivity index (χ0v) is 8.11. The molecule has 0 fully saturated rings. The molecule has 0 aromatic heterocycles. The molecule has 1 unspecified atom stereocenters. The van der Waals surface area contributed by atoms with Crippen LogP contribution in [0.2, 0.25) is 0 Å². The van der Waals surface area contributed by atoms with Gasteiger partial charge in [0.15, 0.2) is 0 Å². The van der Waals surface area contributed by atoms with E-state index in [9.17, 15) is 9.18 Å². The molecule has 76 valence electrons. The third-order valence-corrected chi connectivity index (χ3v) is 2.07. The highest BCUT2D eigenvalue weighted by molar-refractivity contribution is 5.81. The predicted octanol–water partition coefficient (Wildman–Crippen LogP) is 1.68. The van der Waals surface area contributed by atoms with Gasteiger partial charge in [-0.2, -0.15) is 0 Å². The van der Waals surface area contributed by atoms with E-state index in [1.807, 2.05) is 0 Å². The van der Waals surface area contributed by atoms with Crippen molar-refractivity contribution in [2.45, 2.75) is 25.6 Å². The lowest BCUT2D eigenvalue weighted by Gasteiger charge is -2.08. The Bertz CT molecular complexity index is 304. The van der Waals surface area contributed by atoms with Gasteiger partial charge in [0.2, 0.25) is 0 Å². The van der Waals surface area contributed by atoms with Gasteiger partial charge in [0.05, 0.1) is 6.04 Å². The van der Waals surface area contributed by atoms with Crippen LogP contribution in [0.1, 0.15) is 13.3 Å². The van der Waals surface area contributed by atoms with Crippen molar-refractivity contribution in [3.05, 3.63) is 36.0 Å². The minimum Gasteiger partial charge on any atom is -0.321 e. The van der Waals surface area contributed by atoms with Gasteiger partial charge < -0.3 is 5.73 Å². The van der Waals surface area contributed by atoms with Crippen molar-refractivity contribution < 1.29 is 9.18 Å². The van der Waals surface area contributed by atoms with E-state index in [4.69, 9.17) is 5.73 Å². The van der Waals surface area contributed by atoms with Crippen LogP contribution < -0.4 is 5.73 Å². The van der Waals surface area contributed by atoms with Crippen LogP contribution in [0.4, 0.5) is 4.39 Å². The predicted molar refractivity (Wildman–Crippen MR) is 54.5 cm³/mol. The molecule has 0 saturated heterocycles. The maximum Gasteiger partial charge on any atom is 0.146 e. The number of hydrogen-bond donors (Lipinski definition) is 1. The lowest BCUT2D eigenvalue weighted by molar-refractivity contribution is -0.118. The lowest BCUT2D eigenvalue weighted by atomic mass is 10.0. The van der Waals surface area contributed by atoms with Crippen molar-refractivity contribution in [1.82, 2.24) is 0 Å². The summed E-state index contributed by atoms with van der Waals surface area (Å²) in [4.78, 5) is 10.9. The standard InChI is InChI=1S/C11H14FNO/c1-8(14)11(13)7-9-4-2-3-5-10(12)6-9/h2-6,10-11H,7,13H2,1H3/t10?,11-/m1/s1. The monoisotopic (exact) mass is 195 g/mol. The molecule has 0 radical (unpaired) electrons. The van der Waals surface area contributed by atoms with E-state index in [0.29, 0.717) is 6.42 Å².